The summed E-state index contributed by atoms with van der Waals surface area (Å²) in [5.41, 5.74) is 1.89. The number of benzene rings is 1. The van der Waals surface area contributed by atoms with Crippen molar-refractivity contribution in [2.45, 2.75) is 76.5 Å². The van der Waals surface area contributed by atoms with E-state index in [1.807, 2.05) is 12.1 Å². The zero-order chi connectivity index (χ0) is 17.1. The van der Waals surface area contributed by atoms with Crippen molar-refractivity contribution in [3.05, 3.63) is 46.8 Å². The Hall–Kier alpha value is -1.25. The molecule has 3 rings (SSSR count). The number of hydrogen-bond acceptors (Lipinski definition) is 0. The lowest BCUT2D eigenvalue weighted by Crippen LogP contribution is -2.16. The van der Waals surface area contributed by atoms with Gasteiger partial charge in [-0.25, -0.2) is 4.39 Å². The Kier molecular flexibility index (Phi) is 5.68. The summed E-state index contributed by atoms with van der Waals surface area (Å²) in [6.45, 7) is 2.23. The van der Waals surface area contributed by atoms with Crippen LogP contribution in [0.25, 0.3) is 0 Å². The summed E-state index contributed by atoms with van der Waals surface area (Å²) in [6.07, 6.45) is 7.74. The summed E-state index contributed by atoms with van der Waals surface area (Å²) in [5.74, 6) is 1.04. The number of allylic oxidation sites excluding steroid dienone is 1. The summed E-state index contributed by atoms with van der Waals surface area (Å²) in [6, 6.07) is 5.54. The fourth-order valence-electron chi connectivity index (χ4n) is 4.31. The van der Waals surface area contributed by atoms with Gasteiger partial charge in [0.2, 0.25) is 0 Å². The Bertz CT molecular complexity index is 585. The number of halogens is 3. The average molecular weight is 336 g/mol. The molecule has 0 radical (unpaired) electrons. The average Bonchev–Trinajstić information content (AvgIpc) is 2.53. The van der Waals surface area contributed by atoms with Crippen LogP contribution in [0.4, 0.5) is 13.2 Å². The van der Waals surface area contributed by atoms with Crippen molar-refractivity contribution in [2.75, 3.05) is 0 Å². The van der Waals surface area contributed by atoms with Crippen LogP contribution in [0.3, 0.4) is 0 Å². The van der Waals surface area contributed by atoms with Crippen LogP contribution >= 0.6 is 0 Å². The maximum Gasteiger partial charge on any atom is 0.269 e. The van der Waals surface area contributed by atoms with E-state index in [0.717, 1.165) is 24.3 Å². The van der Waals surface area contributed by atoms with Gasteiger partial charge in [0, 0.05) is 0 Å². The number of hydrogen-bond donors (Lipinski definition) is 0. The van der Waals surface area contributed by atoms with Gasteiger partial charge < -0.3 is 0 Å². The van der Waals surface area contributed by atoms with Crippen LogP contribution in [0, 0.1) is 11.7 Å². The maximum absolute atomic E-state index is 14.4. The summed E-state index contributed by atoms with van der Waals surface area (Å²) >= 11 is 0. The van der Waals surface area contributed by atoms with E-state index in [2.05, 4.69) is 6.92 Å². The Balaban J connectivity index is 1.59. The summed E-state index contributed by atoms with van der Waals surface area (Å²) in [7, 11) is 0. The van der Waals surface area contributed by atoms with E-state index in [1.165, 1.54) is 32.1 Å². The molecule has 0 heterocycles. The van der Waals surface area contributed by atoms with E-state index in [9.17, 15) is 13.2 Å². The molecule has 3 heteroatoms. The number of rotatable bonds is 5. The highest BCUT2D eigenvalue weighted by Gasteiger charge is 2.31. The first-order valence-corrected chi connectivity index (χ1v) is 9.40. The smallest absolute Gasteiger partial charge is 0.207 e. The maximum atomic E-state index is 14.4. The minimum Gasteiger partial charge on any atom is -0.207 e. The van der Waals surface area contributed by atoms with Crippen LogP contribution in [-0.2, 0) is 0 Å². The monoisotopic (exact) mass is 336 g/mol. The van der Waals surface area contributed by atoms with Gasteiger partial charge in [-0.3, -0.25) is 0 Å². The second-order valence-electron chi connectivity index (χ2n) is 7.61. The highest BCUT2D eigenvalue weighted by molar-refractivity contribution is 5.35. The SMILES string of the molecule is CCCCC1CCC(c2ccc(C3CC(=C(F)F)C3)c(F)c2)CC1. The summed E-state index contributed by atoms with van der Waals surface area (Å²) < 4.78 is 39.4. The van der Waals surface area contributed by atoms with E-state index in [4.69, 9.17) is 0 Å². The molecule has 0 aliphatic heterocycles. The Morgan fingerprint density at radius 1 is 1.04 bits per heavy atom. The highest BCUT2D eigenvalue weighted by Crippen LogP contribution is 2.45. The van der Waals surface area contributed by atoms with E-state index in [-0.39, 0.29) is 17.3 Å². The Morgan fingerprint density at radius 2 is 1.75 bits per heavy atom. The molecule has 1 aromatic rings. The minimum atomic E-state index is -1.58. The third kappa shape index (κ3) is 3.87. The molecule has 0 atom stereocenters. The molecule has 2 saturated carbocycles. The first-order valence-electron chi connectivity index (χ1n) is 9.40. The van der Waals surface area contributed by atoms with Crippen molar-refractivity contribution in [1.29, 1.82) is 0 Å². The Labute approximate surface area is 143 Å². The van der Waals surface area contributed by atoms with Gasteiger partial charge in [-0.1, -0.05) is 38.3 Å². The van der Waals surface area contributed by atoms with Gasteiger partial charge in [0.25, 0.3) is 6.08 Å². The largest absolute Gasteiger partial charge is 0.269 e. The molecular formula is C21H27F3. The molecule has 2 fully saturated rings. The fourth-order valence-corrected chi connectivity index (χ4v) is 4.31. The van der Waals surface area contributed by atoms with Gasteiger partial charge in [-0.2, -0.15) is 8.78 Å². The van der Waals surface area contributed by atoms with Gasteiger partial charge in [0.05, 0.1) is 0 Å². The third-order valence-corrected chi connectivity index (χ3v) is 6.00. The van der Waals surface area contributed by atoms with Crippen LogP contribution in [0.2, 0.25) is 0 Å². The third-order valence-electron chi connectivity index (χ3n) is 6.00. The quantitative estimate of drug-likeness (QED) is 0.528. The molecule has 0 unspecified atom stereocenters. The van der Waals surface area contributed by atoms with Crippen LogP contribution < -0.4 is 0 Å². The molecule has 0 amide bonds. The van der Waals surface area contributed by atoms with Crippen molar-refractivity contribution < 1.29 is 13.2 Å². The molecule has 0 N–H and O–H groups in total. The molecule has 0 aromatic heterocycles. The molecule has 1 aromatic carbocycles. The van der Waals surface area contributed by atoms with Gasteiger partial charge in [0.1, 0.15) is 5.82 Å². The molecule has 0 bridgehead atoms. The first-order chi connectivity index (χ1) is 11.6. The lowest BCUT2D eigenvalue weighted by atomic mass is 9.74. The standard InChI is InChI=1S/C21H27F3/c1-2-3-4-14-5-7-15(8-6-14)16-9-10-19(20(22)13-16)17-11-18(12-17)21(23)24/h9-10,13-15,17H,2-8,11-12H2,1H3. The molecule has 132 valence electrons. The van der Waals surface area contributed by atoms with E-state index in [1.54, 1.807) is 6.07 Å². The van der Waals surface area contributed by atoms with Crippen LogP contribution in [-0.4, -0.2) is 0 Å². The second kappa shape index (κ2) is 7.76. The Morgan fingerprint density at radius 3 is 2.33 bits per heavy atom. The molecule has 2 aliphatic rings. The summed E-state index contributed by atoms with van der Waals surface area (Å²) in [5, 5.41) is 0. The first kappa shape index (κ1) is 17.6. The molecule has 0 nitrogen and oxygen atoms in total. The normalized spacial score (nSPS) is 27.0. The molecule has 0 saturated heterocycles. The lowest BCUT2D eigenvalue weighted by molar-refractivity contribution is 0.304. The van der Waals surface area contributed by atoms with Crippen LogP contribution in [0.5, 0.6) is 0 Å². The zero-order valence-electron chi connectivity index (χ0n) is 14.5. The van der Waals surface area contributed by atoms with Crippen molar-refractivity contribution in [2.24, 2.45) is 5.92 Å². The minimum absolute atomic E-state index is 0.0691. The van der Waals surface area contributed by atoms with Gasteiger partial charge in [-0.15, -0.1) is 0 Å². The predicted molar refractivity (Wildman–Crippen MR) is 91.8 cm³/mol. The van der Waals surface area contributed by atoms with Crippen molar-refractivity contribution >= 4 is 0 Å². The van der Waals surface area contributed by atoms with E-state index in [0.29, 0.717) is 24.3 Å². The highest BCUT2D eigenvalue weighted by atomic mass is 19.3. The predicted octanol–water partition coefficient (Wildman–Crippen LogP) is 7.32. The van der Waals surface area contributed by atoms with Crippen molar-refractivity contribution in [3.63, 3.8) is 0 Å². The van der Waals surface area contributed by atoms with Gasteiger partial charge >= 0.3 is 0 Å². The second-order valence-corrected chi connectivity index (χ2v) is 7.61. The molecule has 2 aliphatic carbocycles. The van der Waals surface area contributed by atoms with Crippen LogP contribution in [0.1, 0.15) is 87.7 Å². The summed E-state index contributed by atoms with van der Waals surface area (Å²) in [4.78, 5) is 0. The van der Waals surface area contributed by atoms with E-state index >= 15 is 0 Å². The van der Waals surface area contributed by atoms with Crippen molar-refractivity contribution in [3.8, 4) is 0 Å². The van der Waals surface area contributed by atoms with Crippen molar-refractivity contribution in [1.82, 2.24) is 0 Å². The topological polar surface area (TPSA) is 0 Å². The number of unbranched alkanes of at least 4 members (excludes halogenated alkanes) is 1. The van der Waals surface area contributed by atoms with Gasteiger partial charge in [-0.05, 0) is 79.0 Å². The fraction of sp³-hybridized carbons (Fsp3) is 0.619. The lowest BCUT2D eigenvalue weighted by Gasteiger charge is -2.31. The zero-order valence-corrected chi connectivity index (χ0v) is 14.5. The van der Waals surface area contributed by atoms with Crippen LogP contribution in [0.15, 0.2) is 29.9 Å². The molecule has 0 spiro atoms. The van der Waals surface area contributed by atoms with Gasteiger partial charge in [0.15, 0.2) is 0 Å². The molecule has 24 heavy (non-hydrogen) atoms. The molecular weight excluding hydrogens is 309 g/mol. The van der Waals surface area contributed by atoms with E-state index < -0.39 is 6.08 Å².